The van der Waals surface area contributed by atoms with E-state index in [9.17, 15) is 4.79 Å². The van der Waals surface area contributed by atoms with Crippen LogP contribution in [-0.4, -0.2) is 30.5 Å². The number of benzene rings is 1. The summed E-state index contributed by atoms with van der Waals surface area (Å²) in [5.74, 6) is 0.737. The number of hydrogen-bond acceptors (Lipinski definition) is 3. The fraction of sp³-hybridized carbons (Fsp3) is 0.429. The van der Waals surface area contributed by atoms with Crippen LogP contribution in [0.1, 0.15) is 19.4 Å². The van der Waals surface area contributed by atoms with Gasteiger partial charge in [0.25, 0.3) is 0 Å². The van der Waals surface area contributed by atoms with Crippen LogP contribution < -0.4 is 4.74 Å². The van der Waals surface area contributed by atoms with Crippen molar-refractivity contribution in [2.75, 3.05) is 13.7 Å². The Morgan fingerprint density at radius 3 is 2.44 bits per heavy atom. The van der Waals surface area contributed by atoms with Crippen molar-refractivity contribution in [1.29, 1.82) is 5.26 Å². The van der Waals surface area contributed by atoms with Gasteiger partial charge in [-0.05, 0) is 31.5 Å². The maximum Gasteiger partial charge on any atom is 0.228 e. The van der Waals surface area contributed by atoms with Crippen LogP contribution in [-0.2, 0) is 11.2 Å². The number of amides is 1. The molecule has 0 unspecified atom stereocenters. The van der Waals surface area contributed by atoms with Gasteiger partial charge in [0, 0.05) is 6.04 Å². The normalized spacial score (nSPS) is 9.94. The molecule has 4 heteroatoms. The highest BCUT2D eigenvalue weighted by Gasteiger charge is 2.16. The van der Waals surface area contributed by atoms with Gasteiger partial charge in [0.1, 0.15) is 12.3 Å². The highest BCUT2D eigenvalue weighted by atomic mass is 16.5. The van der Waals surface area contributed by atoms with E-state index in [0.717, 1.165) is 11.3 Å². The van der Waals surface area contributed by atoms with Crippen LogP contribution in [0.4, 0.5) is 0 Å². The van der Waals surface area contributed by atoms with Crippen LogP contribution in [0.3, 0.4) is 0 Å². The number of rotatable bonds is 5. The summed E-state index contributed by atoms with van der Waals surface area (Å²) in [5, 5.41) is 8.71. The monoisotopic (exact) mass is 246 g/mol. The quantitative estimate of drug-likeness (QED) is 0.747. The summed E-state index contributed by atoms with van der Waals surface area (Å²) in [6, 6.07) is 9.43. The van der Waals surface area contributed by atoms with Crippen LogP contribution in [0.25, 0.3) is 0 Å². The molecule has 0 heterocycles. The van der Waals surface area contributed by atoms with Crippen LogP contribution in [0.5, 0.6) is 5.75 Å². The number of nitriles is 1. The maximum absolute atomic E-state index is 12.0. The third-order valence-electron chi connectivity index (χ3n) is 2.70. The number of carbonyl (C=O) groups is 1. The predicted octanol–water partition coefficient (Wildman–Crippen LogP) is 2.00. The smallest absolute Gasteiger partial charge is 0.228 e. The molecule has 0 aromatic heterocycles. The molecule has 0 aliphatic heterocycles. The maximum atomic E-state index is 12.0. The lowest BCUT2D eigenvalue weighted by Gasteiger charge is -2.23. The van der Waals surface area contributed by atoms with E-state index < -0.39 is 0 Å². The highest BCUT2D eigenvalue weighted by Crippen LogP contribution is 2.13. The van der Waals surface area contributed by atoms with E-state index >= 15 is 0 Å². The molecule has 0 fully saturated rings. The molecular formula is C14H18N2O2. The minimum Gasteiger partial charge on any atom is -0.497 e. The summed E-state index contributed by atoms with van der Waals surface area (Å²) >= 11 is 0. The Morgan fingerprint density at radius 1 is 1.39 bits per heavy atom. The first-order valence-corrected chi connectivity index (χ1v) is 5.87. The van der Waals surface area contributed by atoms with Gasteiger partial charge in [-0.25, -0.2) is 0 Å². The number of methoxy groups -OCH3 is 1. The van der Waals surface area contributed by atoms with Crippen molar-refractivity contribution >= 4 is 5.91 Å². The van der Waals surface area contributed by atoms with Crippen LogP contribution >= 0.6 is 0 Å². The van der Waals surface area contributed by atoms with E-state index in [2.05, 4.69) is 0 Å². The largest absolute Gasteiger partial charge is 0.497 e. The Morgan fingerprint density at radius 2 is 2.00 bits per heavy atom. The fourth-order valence-corrected chi connectivity index (χ4v) is 1.65. The van der Waals surface area contributed by atoms with Crippen molar-refractivity contribution in [2.45, 2.75) is 26.3 Å². The zero-order chi connectivity index (χ0) is 13.5. The lowest BCUT2D eigenvalue weighted by molar-refractivity contribution is -0.131. The van der Waals surface area contributed by atoms with Gasteiger partial charge in [-0.3, -0.25) is 4.79 Å². The van der Waals surface area contributed by atoms with Gasteiger partial charge in [0.15, 0.2) is 0 Å². The summed E-state index contributed by atoms with van der Waals surface area (Å²) < 4.78 is 5.06. The van der Waals surface area contributed by atoms with E-state index in [-0.39, 0.29) is 18.5 Å². The molecule has 96 valence electrons. The Labute approximate surface area is 108 Å². The Balaban J connectivity index is 2.70. The molecule has 18 heavy (non-hydrogen) atoms. The molecule has 1 aromatic carbocycles. The third kappa shape index (κ3) is 3.77. The molecule has 0 aliphatic rings. The number of ether oxygens (including phenoxy) is 1. The summed E-state index contributed by atoms with van der Waals surface area (Å²) in [6.07, 6.45) is 0.309. The van der Waals surface area contributed by atoms with Crippen molar-refractivity contribution < 1.29 is 9.53 Å². The van der Waals surface area contributed by atoms with Gasteiger partial charge in [-0.1, -0.05) is 12.1 Å². The third-order valence-corrected chi connectivity index (χ3v) is 2.70. The van der Waals surface area contributed by atoms with E-state index in [1.165, 1.54) is 0 Å². The fourth-order valence-electron chi connectivity index (χ4n) is 1.65. The van der Waals surface area contributed by atoms with Crippen LogP contribution in [0.2, 0.25) is 0 Å². The molecular weight excluding hydrogens is 228 g/mol. The van der Waals surface area contributed by atoms with Crippen molar-refractivity contribution in [3.63, 3.8) is 0 Å². The standard InChI is InChI=1S/C14H18N2O2/c1-11(2)16(9-8-15)14(17)10-12-4-6-13(18-3)7-5-12/h4-7,11H,9-10H2,1-3H3. The molecule has 1 rings (SSSR count). The van der Waals surface area contributed by atoms with E-state index in [4.69, 9.17) is 10.00 Å². The van der Waals surface area contributed by atoms with E-state index in [1.54, 1.807) is 12.0 Å². The first kappa shape index (κ1) is 14.0. The van der Waals surface area contributed by atoms with E-state index in [0.29, 0.717) is 6.42 Å². The average Bonchev–Trinajstić information content (AvgIpc) is 2.36. The molecule has 0 saturated heterocycles. The molecule has 0 saturated carbocycles. The molecule has 0 bridgehead atoms. The topological polar surface area (TPSA) is 53.3 Å². The van der Waals surface area contributed by atoms with Crippen molar-refractivity contribution in [3.8, 4) is 11.8 Å². The SMILES string of the molecule is COc1ccc(CC(=O)N(CC#N)C(C)C)cc1. The second-order valence-electron chi connectivity index (χ2n) is 4.30. The highest BCUT2D eigenvalue weighted by molar-refractivity contribution is 5.79. The second-order valence-corrected chi connectivity index (χ2v) is 4.30. The minimum absolute atomic E-state index is 0.0308. The zero-order valence-corrected chi connectivity index (χ0v) is 11.0. The molecule has 0 atom stereocenters. The lowest BCUT2D eigenvalue weighted by atomic mass is 10.1. The molecule has 0 spiro atoms. The first-order valence-electron chi connectivity index (χ1n) is 5.87. The van der Waals surface area contributed by atoms with Gasteiger partial charge in [0.05, 0.1) is 19.6 Å². The molecule has 0 N–H and O–H groups in total. The van der Waals surface area contributed by atoms with E-state index in [1.807, 2.05) is 44.2 Å². The van der Waals surface area contributed by atoms with Gasteiger partial charge >= 0.3 is 0 Å². The summed E-state index contributed by atoms with van der Waals surface area (Å²) in [5.41, 5.74) is 0.921. The lowest BCUT2D eigenvalue weighted by Crippen LogP contribution is -2.38. The minimum atomic E-state index is -0.0308. The summed E-state index contributed by atoms with van der Waals surface area (Å²) in [4.78, 5) is 13.6. The number of carbonyl (C=O) groups excluding carboxylic acids is 1. The average molecular weight is 246 g/mol. The van der Waals surface area contributed by atoms with Crippen molar-refractivity contribution in [3.05, 3.63) is 29.8 Å². The van der Waals surface area contributed by atoms with Gasteiger partial charge in [-0.2, -0.15) is 5.26 Å². The number of hydrogen-bond donors (Lipinski definition) is 0. The molecule has 1 amide bonds. The number of nitrogens with zero attached hydrogens (tertiary/aromatic N) is 2. The summed E-state index contributed by atoms with van der Waals surface area (Å²) in [7, 11) is 1.60. The van der Waals surface area contributed by atoms with Crippen molar-refractivity contribution in [2.24, 2.45) is 0 Å². The second kappa shape index (κ2) is 6.65. The summed E-state index contributed by atoms with van der Waals surface area (Å²) in [6.45, 7) is 3.94. The van der Waals surface area contributed by atoms with Gasteiger partial charge in [0.2, 0.25) is 5.91 Å². The van der Waals surface area contributed by atoms with Gasteiger partial charge < -0.3 is 9.64 Å². The Kier molecular flexibility index (Phi) is 5.19. The molecule has 1 aromatic rings. The Hall–Kier alpha value is -2.02. The van der Waals surface area contributed by atoms with Gasteiger partial charge in [-0.15, -0.1) is 0 Å². The molecule has 4 nitrogen and oxygen atoms in total. The Bertz CT molecular complexity index is 432. The first-order chi connectivity index (χ1) is 8.58. The molecule has 0 radical (unpaired) electrons. The zero-order valence-electron chi connectivity index (χ0n) is 11.0. The predicted molar refractivity (Wildman–Crippen MR) is 69.2 cm³/mol. The molecule has 0 aliphatic carbocycles. The van der Waals surface area contributed by atoms with Crippen LogP contribution in [0.15, 0.2) is 24.3 Å². The van der Waals surface area contributed by atoms with Crippen molar-refractivity contribution in [1.82, 2.24) is 4.90 Å². The van der Waals surface area contributed by atoms with Crippen LogP contribution in [0, 0.1) is 11.3 Å².